The third-order valence-corrected chi connectivity index (χ3v) is 8.15. The average Bonchev–Trinajstić information content (AvgIpc) is 2.87. The van der Waals surface area contributed by atoms with Gasteiger partial charge in [-0.05, 0) is 80.0 Å². The van der Waals surface area contributed by atoms with Gasteiger partial charge in [-0.2, -0.15) is 0 Å². The monoisotopic (exact) mass is 314 g/mol. The summed E-state index contributed by atoms with van der Waals surface area (Å²) in [6, 6.07) is 0. The van der Waals surface area contributed by atoms with Crippen LogP contribution in [0.1, 0.15) is 86.0 Å². The summed E-state index contributed by atoms with van der Waals surface area (Å²) in [6.45, 7) is 12.3. The minimum Gasteiger partial charge on any atom is -0.0697 e. The van der Waals surface area contributed by atoms with E-state index in [-0.39, 0.29) is 0 Å². The molecule has 0 heteroatoms. The quantitative estimate of drug-likeness (QED) is 0.507. The molecule has 0 N–H and O–H groups in total. The Morgan fingerprint density at radius 2 is 1.74 bits per heavy atom. The van der Waals surface area contributed by atoms with Gasteiger partial charge in [0.2, 0.25) is 0 Å². The number of hydrogen-bond acceptors (Lipinski definition) is 0. The highest BCUT2D eigenvalue weighted by Gasteiger charge is 2.48. The van der Waals surface area contributed by atoms with E-state index in [1.165, 1.54) is 51.4 Å². The molecule has 2 unspecified atom stereocenters. The Morgan fingerprint density at radius 1 is 1.04 bits per heavy atom. The van der Waals surface area contributed by atoms with Crippen LogP contribution in [0.25, 0.3) is 0 Å². The molecule has 0 saturated heterocycles. The van der Waals surface area contributed by atoms with Crippen LogP contribution in [0, 0.1) is 35.0 Å². The maximum atomic E-state index is 2.60. The summed E-state index contributed by atoms with van der Waals surface area (Å²) in [4.78, 5) is 0. The molecule has 0 aromatic heterocycles. The van der Waals surface area contributed by atoms with Crippen LogP contribution in [0.5, 0.6) is 0 Å². The molecular weight excluding hydrogens is 276 g/mol. The zero-order valence-electron chi connectivity index (χ0n) is 16.2. The van der Waals surface area contributed by atoms with Crippen molar-refractivity contribution in [2.45, 2.75) is 86.0 Å². The second kappa shape index (κ2) is 6.77. The molecule has 3 aliphatic carbocycles. The SMILES string of the molecule is CCC1CCC2/C(=C/C=C3C[C@@H](C)C(C)[C@H](C)C3)CCC[C@]12C. The molecule has 0 amide bonds. The molecule has 0 aliphatic heterocycles. The van der Waals surface area contributed by atoms with Gasteiger partial charge in [-0.25, -0.2) is 0 Å². The van der Waals surface area contributed by atoms with E-state index in [9.17, 15) is 0 Å². The third-order valence-electron chi connectivity index (χ3n) is 8.15. The average molecular weight is 315 g/mol. The van der Waals surface area contributed by atoms with E-state index in [0.717, 1.165) is 29.6 Å². The zero-order chi connectivity index (χ0) is 16.6. The molecule has 0 radical (unpaired) electrons. The Morgan fingerprint density at radius 3 is 2.39 bits per heavy atom. The Hall–Kier alpha value is -0.520. The molecule has 0 aromatic carbocycles. The summed E-state index contributed by atoms with van der Waals surface area (Å²) in [5.74, 6) is 4.46. The van der Waals surface area contributed by atoms with Crippen LogP contribution in [0.3, 0.4) is 0 Å². The topological polar surface area (TPSA) is 0 Å². The predicted molar refractivity (Wildman–Crippen MR) is 101 cm³/mol. The van der Waals surface area contributed by atoms with Crippen molar-refractivity contribution in [2.75, 3.05) is 0 Å². The van der Waals surface area contributed by atoms with Crippen molar-refractivity contribution >= 4 is 0 Å². The molecule has 0 aromatic rings. The first-order chi connectivity index (χ1) is 11.0. The molecule has 0 nitrogen and oxygen atoms in total. The summed E-state index contributed by atoms with van der Waals surface area (Å²) < 4.78 is 0. The molecule has 0 heterocycles. The number of fused-ring (bicyclic) bond motifs is 1. The predicted octanol–water partition coefficient (Wildman–Crippen LogP) is 7.17. The maximum Gasteiger partial charge on any atom is -0.0143 e. The standard InChI is InChI=1S/C23H38/c1-6-21-11-12-22-20(8-7-13-23(21,22)5)10-9-19-14-16(2)18(4)17(3)15-19/h9-10,16-18,21-22H,6-8,11-15H2,1-5H3/b19-9?,20-10+/t16-,17-,18?,21?,22?,23-/m1/s1. The maximum absolute atomic E-state index is 2.60. The summed E-state index contributed by atoms with van der Waals surface area (Å²) in [5.41, 5.74) is 4.12. The van der Waals surface area contributed by atoms with Gasteiger partial charge < -0.3 is 0 Å². The van der Waals surface area contributed by atoms with Gasteiger partial charge in [0.25, 0.3) is 0 Å². The van der Waals surface area contributed by atoms with Crippen LogP contribution in [0.2, 0.25) is 0 Å². The van der Waals surface area contributed by atoms with Crippen molar-refractivity contribution in [3.63, 3.8) is 0 Å². The fourth-order valence-corrected chi connectivity index (χ4v) is 6.22. The van der Waals surface area contributed by atoms with Crippen LogP contribution < -0.4 is 0 Å². The summed E-state index contributed by atoms with van der Waals surface area (Å²) in [7, 11) is 0. The van der Waals surface area contributed by atoms with Gasteiger partial charge in [0, 0.05) is 0 Å². The van der Waals surface area contributed by atoms with E-state index in [2.05, 4.69) is 46.8 Å². The lowest BCUT2D eigenvalue weighted by Crippen LogP contribution is -2.32. The number of rotatable bonds is 2. The van der Waals surface area contributed by atoms with Crippen molar-refractivity contribution < 1.29 is 0 Å². The smallest absolute Gasteiger partial charge is 0.0143 e. The highest BCUT2D eigenvalue weighted by Crippen LogP contribution is 2.58. The molecular formula is C23H38. The Kier molecular flexibility index (Phi) is 5.09. The van der Waals surface area contributed by atoms with E-state index in [1.807, 2.05) is 0 Å². The van der Waals surface area contributed by atoms with Crippen molar-refractivity contribution in [3.05, 3.63) is 23.3 Å². The van der Waals surface area contributed by atoms with E-state index < -0.39 is 0 Å². The molecule has 0 bridgehead atoms. The fraction of sp³-hybridized carbons (Fsp3) is 0.826. The lowest BCUT2D eigenvalue weighted by molar-refractivity contribution is 0.133. The zero-order valence-corrected chi connectivity index (χ0v) is 16.2. The molecule has 0 spiro atoms. The Bertz CT molecular complexity index is 468. The van der Waals surface area contributed by atoms with Gasteiger partial charge in [0.1, 0.15) is 0 Å². The van der Waals surface area contributed by atoms with Crippen LogP contribution in [0.15, 0.2) is 23.3 Å². The molecule has 130 valence electrons. The molecule has 23 heavy (non-hydrogen) atoms. The van der Waals surface area contributed by atoms with E-state index in [4.69, 9.17) is 0 Å². The van der Waals surface area contributed by atoms with E-state index in [0.29, 0.717) is 5.41 Å². The first-order valence-electron chi connectivity index (χ1n) is 10.3. The molecule has 3 rings (SSSR count). The summed E-state index contributed by atoms with van der Waals surface area (Å²) in [5, 5.41) is 0. The number of hydrogen-bond donors (Lipinski definition) is 0. The van der Waals surface area contributed by atoms with Crippen LogP contribution >= 0.6 is 0 Å². The second-order valence-corrected chi connectivity index (χ2v) is 9.38. The highest BCUT2D eigenvalue weighted by atomic mass is 14.5. The van der Waals surface area contributed by atoms with Crippen molar-refractivity contribution in [1.82, 2.24) is 0 Å². The summed E-state index contributed by atoms with van der Waals surface area (Å²) in [6.07, 6.45) is 16.3. The van der Waals surface area contributed by atoms with Gasteiger partial charge in [-0.1, -0.05) is 64.3 Å². The van der Waals surface area contributed by atoms with Gasteiger partial charge in [0.15, 0.2) is 0 Å². The van der Waals surface area contributed by atoms with Crippen molar-refractivity contribution in [1.29, 1.82) is 0 Å². The third kappa shape index (κ3) is 3.20. The first-order valence-corrected chi connectivity index (χ1v) is 10.3. The lowest BCUT2D eigenvalue weighted by Gasteiger charge is -2.42. The van der Waals surface area contributed by atoms with Crippen molar-refractivity contribution in [3.8, 4) is 0 Å². The van der Waals surface area contributed by atoms with Gasteiger partial charge in [-0.15, -0.1) is 0 Å². The fourth-order valence-electron chi connectivity index (χ4n) is 6.22. The molecule has 3 saturated carbocycles. The van der Waals surface area contributed by atoms with E-state index >= 15 is 0 Å². The Labute approximate surface area is 144 Å². The normalized spacial score (nSPS) is 46.0. The molecule has 3 aliphatic rings. The highest BCUT2D eigenvalue weighted by molar-refractivity contribution is 5.25. The van der Waals surface area contributed by atoms with E-state index in [1.54, 1.807) is 11.1 Å². The van der Waals surface area contributed by atoms with Crippen molar-refractivity contribution in [2.24, 2.45) is 35.0 Å². The van der Waals surface area contributed by atoms with Gasteiger partial charge in [0.05, 0.1) is 0 Å². The molecule has 3 fully saturated rings. The molecule has 5 atom stereocenters. The Balaban J connectivity index is 1.76. The first kappa shape index (κ1) is 17.3. The minimum atomic E-state index is 0.610. The lowest BCUT2D eigenvalue weighted by atomic mass is 9.63. The van der Waals surface area contributed by atoms with Crippen LogP contribution in [-0.2, 0) is 0 Å². The summed E-state index contributed by atoms with van der Waals surface area (Å²) >= 11 is 0. The number of allylic oxidation sites excluding steroid dienone is 4. The van der Waals surface area contributed by atoms with Crippen LogP contribution in [-0.4, -0.2) is 0 Å². The largest absolute Gasteiger partial charge is 0.0697 e. The minimum absolute atomic E-state index is 0.610. The van der Waals surface area contributed by atoms with Crippen LogP contribution in [0.4, 0.5) is 0 Å². The van der Waals surface area contributed by atoms with Gasteiger partial charge >= 0.3 is 0 Å². The van der Waals surface area contributed by atoms with Gasteiger partial charge in [-0.3, -0.25) is 0 Å². The second-order valence-electron chi connectivity index (χ2n) is 9.38.